The van der Waals surface area contributed by atoms with E-state index in [0.717, 1.165) is 24.1 Å². The Morgan fingerprint density at radius 2 is 1.89 bits per heavy atom. The summed E-state index contributed by atoms with van der Waals surface area (Å²) in [5.41, 5.74) is 4.68. The molecule has 2 amide bonds. The molecule has 1 spiro atoms. The van der Waals surface area contributed by atoms with Crippen molar-refractivity contribution in [1.29, 1.82) is 0 Å². The number of amides is 2. The molecule has 2 aliphatic rings. The molecule has 1 aliphatic carbocycles. The van der Waals surface area contributed by atoms with Crippen LogP contribution in [0.1, 0.15) is 47.7 Å². The number of aryl methyl sites for hydroxylation is 1. The topological polar surface area (TPSA) is 138 Å². The minimum Gasteiger partial charge on any atom is -0.390 e. The number of rotatable bonds is 7. The maximum atomic E-state index is 13.1. The number of fused-ring (bicyclic) bond motifs is 1. The molecule has 0 atom stereocenters. The van der Waals surface area contributed by atoms with E-state index in [4.69, 9.17) is 0 Å². The molecule has 11 nitrogen and oxygen atoms in total. The van der Waals surface area contributed by atoms with Crippen LogP contribution in [0.25, 0.3) is 16.8 Å². The lowest BCUT2D eigenvalue weighted by Crippen LogP contribution is -2.38. The zero-order chi connectivity index (χ0) is 26.3. The number of likely N-dealkylation sites (tertiary alicyclic amines) is 1. The lowest BCUT2D eigenvalue weighted by Gasteiger charge is -2.23. The Morgan fingerprint density at radius 1 is 1.03 bits per heavy atom. The highest BCUT2D eigenvalue weighted by Crippen LogP contribution is 2.49. The van der Waals surface area contributed by atoms with Gasteiger partial charge < -0.3 is 15.7 Å². The average Bonchev–Trinajstić information content (AvgIpc) is 3.42. The fourth-order valence-electron chi connectivity index (χ4n) is 5.15. The van der Waals surface area contributed by atoms with E-state index >= 15 is 0 Å². The molecule has 1 saturated carbocycles. The number of nitrogens with one attached hydrogen (secondary N) is 2. The van der Waals surface area contributed by atoms with Gasteiger partial charge in [0, 0.05) is 23.5 Å². The highest BCUT2D eigenvalue weighted by atomic mass is 16.3. The number of hydrogen-bond donors (Lipinski definition) is 3. The van der Waals surface area contributed by atoms with E-state index in [-0.39, 0.29) is 23.9 Å². The molecule has 1 saturated heterocycles. The van der Waals surface area contributed by atoms with Gasteiger partial charge in [-0.15, -0.1) is 10.2 Å². The van der Waals surface area contributed by atoms with E-state index in [0.29, 0.717) is 35.0 Å². The summed E-state index contributed by atoms with van der Waals surface area (Å²) in [7, 11) is 0. The van der Waals surface area contributed by atoms with Crippen LogP contribution in [-0.4, -0.2) is 65.0 Å². The van der Waals surface area contributed by atoms with Gasteiger partial charge in [0.05, 0.1) is 42.1 Å². The van der Waals surface area contributed by atoms with Crippen molar-refractivity contribution < 1.29 is 14.7 Å². The van der Waals surface area contributed by atoms with Crippen molar-refractivity contribution in [2.75, 3.05) is 23.7 Å². The van der Waals surface area contributed by atoms with Crippen LogP contribution in [-0.2, 0) is 11.4 Å². The number of nitrogens with zero attached hydrogens (tertiary/aromatic N) is 6. The third kappa shape index (κ3) is 4.61. The van der Waals surface area contributed by atoms with E-state index in [1.807, 2.05) is 18.2 Å². The highest BCUT2D eigenvalue weighted by Gasteiger charge is 2.50. The summed E-state index contributed by atoms with van der Waals surface area (Å²) in [6.45, 7) is 2.99. The van der Waals surface area contributed by atoms with Gasteiger partial charge in [-0.05, 0) is 69.0 Å². The normalized spacial score (nSPS) is 16.2. The number of carbonyl (C=O) groups excluding carboxylic acids is 2. The number of aliphatic hydroxyl groups is 1. The summed E-state index contributed by atoms with van der Waals surface area (Å²) < 4.78 is 1.60. The molecule has 3 N–H and O–H groups in total. The number of anilines is 2. The van der Waals surface area contributed by atoms with Crippen LogP contribution in [0.3, 0.4) is 0 Å². The third-order valence-electron chi connectivity index (χ3n) is 7.45. The second-order valence-electron chi connectivity index (χ2n) is 9.97. The first-order chi connectivity index (χ1) is 18.4. The summed E-state index contributed by atoms with van der Waals surface area (Å²) in [5.74, 6) is -0.403. The van der Waals surface area contributed by atoms with Gasteiger partial charge in [-0.3, -0.25) is 28.9 Å². The molecule has 2 fully saturated rings. The smallest absolute Gasteiger partial charge is 0.294 e. The third-order valence-corrected chi connectivity index (χ3v) is 7.45. The molecular weight excluding hydrogens is 484 g/mol. The quantitative estimate of drug-likeness (QED) is 0.344. The largest absolute Gasteiger partial charge is 0.390 e. The van der Waals surface area contributed by atoms with Gasteiger partial charge in [0.15, 0.2) is 5.65 Å². The number of pyridine rings is 3. The Labute approximate surface area is 218 Å². The number of hydrogen-bond acceptors (Lipinski definition) is 8. The summed E-state index contributed by atoms with van der Waals surface area (Å²) in [6.07, 6.45) is 9.67. The molecule has 1 aliphatic heterocycles. The summed E-state index contributed by atoms with van der Waals surface area (Å²) >= 11 is 0. The lowest BCUT2D eigenvalue weighted by molar-refractivity contribution is -0.117. The van der Waals surface area contributed by atoms with E-state index in [1.165, 1.54) is 19.3 Å². The molecule has 0 radical (unpaired) electrons. The first-order valence-electron chi connectivity index (χ1n) is 12.7. The Morgan fingerprint density at radius 3 is 2.66 bits per heavy atom. The van der Waals surface area contributed by atoms with Crippen LogP contribution < -0.4 is 10.6 Å². The van der Waals surface area contributed by atoms with Crippen molar-refractivity contribution in [2.24, 2.45) is 0 Å². The van der Waals surface area contributed by atoms with Crippen LogP contribution in [0.15, 0.2) is 48.9 Å². The van der Waals surface area contributed by atoms with Crippen LogP contribution >= 0.6 is 0 Å². The fraction of sp³-hybridized carbons (Fsp3) is 0.333. The summed E-state index contributed by atoms with van der Waals surface area (Å²) in [4.78, 5) is 36.7. The highest BCUT2D eigenvalue weighted by molar-refractivity contribution is 6.03. The summed E-state index contributed by atoms with van der Waals surface area (Å²) in [5, 5.41) is 23.2. The Hall–Kier alpha value is -4.22. The van der Waals surface area contributed by atoms with Gasteiger partial charge in [-0.1, -0.05) is 6.07 Å². The second kappa shape index (κ2) is 9.58. The zero-order valence-electron chi connectivity index (χ0n) is 21.0. The first-order valence-corrected chi connectivity index (χ1v) is 12.7. The Kier molecular flexibility index (Phi) is 6.09. The average molecular weight is 513 g/mol. The molecule has 11 heteroatoms. The van der Waals surface area contributed by atoms with Crippen molar-refractivity contribution in [3.05, 3.63) is 66.1 Å². The molecule has 6 rings (SSSR count). The summed E-state index contributed by atoms with van der Waals surface area (Å²) in [6, 6.07) is 8.99. The van der Waals surface area contributed by atoms with Crippen molar-refractivity contribution in [3.63, 3.8) is 0 Å². The standard InChI is InChI=1S/C27H28N8O3/c1-17-22(12-21(14-28-17)30-24(37)15-34-9-2-6-27(34)7-8-27)31-26(38)25-33-32-23-11-18(5-10-35(23)25)19-3-4-20(16-36)29-13-19/h3-5,10-14,36H,2,6-9,15-16H2,1H3,(H,30,37)(H,31,38). The van der Waals surface area contributed by atoms with Gasteiger partial charge >= 0.3 is 0 Å². The number of aliphatic hydroxyl groups excluding tert-OH is 1. The van der Waals surface area contributed by atoms with Gasteiger partial charge in [0.25, 0.3) is 5.91 Å². The SMILES string of the molecule is Cc1ncc(NC(=O)CN2CCCC23CC3)cc1NC(=O)c1nnc2cc(-c3ccc(CO)nc3)ccn12. The van der Waals surface area contributed by atoms with Crippen LogP contribution in [0.5, 0.6) is 0 Å². The van der Waals surface area contributed by atoms with Gasteiger partial charge in [0.2, 0.25) is 11.7 Å². The molecule has 38 heavy (non-hydrogen) atoms. The number of carbonyl (C=O) groups is 2. The van der Waals surface area contributed by atoms with Crippen LogP contribution in [0.4, 0.5) is 11.4 Å². The van der Waals surface area contributed by atoms with Crippen LogP contribution in [0.2, 0.25) is 0 Å². The predicted octanol–water partition coefficient (Wildman–Crippen LogP) is 2.81. The minimum atomic E-state index is -0.444. The zero-order valence-corrected chi connectivity index (χ0v) is 21.0. The van der Waals surface area contributed by atoms with Crippen molar-refractivity contribution in [2.45, 2.75) is 44.8 Å². The van der Waals surface area contributed by atoms with Gasteiger partial charge in [-0.25, -0.2) is 0 Å². The van der Waals surface area contributed by atoms with E-state index < -0.39 is 5.91 Å². The first kappa shape index (κ1) is 24.1. The second-order valence-corrected chi connectivity index (χ2v) is 9.97. The van der Waals surface area contributed by atoms with Crippen molar-refractivity contribution >= 4 is 28.8 Å². The van der Waals surface area contributed by atoms with E-state index in [2.05, 4.69) is 35.7 Å². The van der Waals surface area contributed by atoms with Crippen molar-refractivity contribution in [1.82, 2.24) is 29.5 Å². The molecule has 0 unspecified atom stereocenters. The van der Waals surface area contributed by atoms with Gasteiger partial charge in [0.1, 0.15) is 0 Å². The molecule has 0 aromatic carbocycles. The molecule has 5 heterocycles. The fourth-order valence-corrected chi connectivity index (χ4v) is 5.15. The van der Waals surface area contributed by atoms with E-state index in [1.54, 1.807) is 42.0 Å². The Balaban J connectivity index is 1.15. The predicted molar refractivity (Wildman–Crippen MR) is 140 cm³/mol. The molecule has 0 bridgehead atoms. The lowest BCUT2D eigenvalue weighted by atomic mass is 10.1. The van der Waals surface area contributed by atoms with E-state index in [9.17, 15) is 14.7 Å². The Bertz CT molecular complexity index is 1530. The molecule has 4 aromatic rings. The molecule has 194 valence electrons. The molecule has 4 aromatic heterocycles. The monoisotopic (exact) mass is 512 g/mol. The maximum absolute atomic E-state index is 13.1. The van der Waals surface area contributed by atoms with Crippen LogP contribution in [0, 0.1) is 6.92 Å². The van der Waals surface area contributed by atoms with Crippen molar-refractivity contribution in [3.8, 4) is 11.1 Å². The molecular formula is C27H28N8O3. The van der Waals surface area contributed by atoms with Gasteiger partial charge in [-0.2, -0.15) is 0 Å². The minimum absolute atomic E-state index is 0.0819. The maximum Gasteiger partial charge on any atom is 0.294 e. The number of aromatic nitrogens is 5.